The molecular weight excluding hydrogens is 646 g/mol. The lowest BCUT2D eigenvalue weighted by Gasteiger charge is -2.36. The Morgan fingerprint density at radius 3 is 2.60 bits per heavy atom. The molecule has 4 rings (SSSR count). The topological polar surface area (TPSA) is 127 Å². The number of benzene rings is 1. The molecule has 13 heteroatoms. The zero-order chi connectivity index (χ0) is 35.3. The average Bonchev–Trinajstić information content (AvgIpc) is 3.64. The fourth-order valence-corrected chi connectivity index (χ4v) is 6.48. The van der Waals surface area contributed by atoms with E-state index in [2.05, 4.69) is 55.3 Å². The van der Waals surface area contributed by atoms with Crippen molar-refractivity contribution in [3.05, 3.63) is 46.7 Å². The van der Waals surface area contributed by atoms with Crippen LogP contribution in [0.3, 0.4) is 0 Å². The predicted octanol–water partition coefficient (Wildman–Crippen LogP) is 8.50. The maximum atomic E-state index is 13.7. The first-order valence-electron chi connectivity index (χ1n) is 16.7. The molecule has 0 spiro atoms. The highest BCUT2D eigenvalue weighted by Crippen LogP contribution is 2.37. The normalized spacial score (nSPS) is 15.3. The number of amides is 1. The van der Waals surface area contributed by atoms with E-state index in [0.717, 1.165) is 30.6 Å². The zero-order valence-corrected chi connectivity index (χ0v) is 31.6. The van der Waals surface area contributed by atoms with Crippen molar-refractivity contribution < 1.29 is 18.7 Å². The van der Waals surface area contributed by atoms with Crippen LogP contribution in [0.25, 0.3) is 11.3 Å². The Kier molecular flexibility index (Phi) is 11.9. The summed E-state index contributed by atoms with van der Waals surface area (Å²) in [5, 5.41) is 18.5. The number of aryl methyl sites for hydroxylation is 1. The molecule has 1 N–H and O–H groups in total. The summed E-state index contributed by atoms with van der Waals surface area (Å²) < 4.78 is 19.8. The van der Waals surface area contributed by atoms with Gasteiger partial charge in [0.05, 0.1) is 29.6 Å². The van der Waals surface area contributed by atoms with Gasteiger partial charge in [-0.3, -0.25) is 4.90 Å². The van der Waals surface area contributed by atoms with E-state index >= 15 is 0 Å². The van der Waals surface area contributed by atoms with Crippen molar-refractivity contribution in [2.75, 3.05) is 30.0 Å². The van der Waals surface area contributed by atoms with Crippen LogP contribution >= 0.6 is 11.6 Å². The maximum absolute atomic E-state index is 13.7. The van der Waals surface area contributed by atoms with E-state index in [1.165, 1.54) is 0 Å². The number of rotatable bonds is 12. The fraction of sp³-hybridized carbons (Fsp3) is 0.571. The van der Waals surface area contributed by atoms with Crippen molar-refractivity contribution in [3.63, 3.8) is 0 Å². The summed E-state index contributed by atoms with van der Waals surface area (Å²) in [6, 6.07) is 9.61. The number of carbonyl (C=O) groups excluding carboxylic acids is 1. The van der Waals surface area contributed by atoms with Gasteiger partial charge in [-0.1, -0.05) is 39.3 Å². The third kappa shape index (κ3) is 9.56. The largest absolute Gasteiger partial charge is 0.443 e. The minimum absolute atomic E-state index is 0.0755. The average molecular weight is 696 g/mol. The number of nitriles is 1. The summed E-state index contributed by atoms with van der Waals surface area (Å²) in [7, 11) is -1.96. The smallest absolute Gasteiger partial charge is 0.414 e. The van der Waals surface area contributed by atoms with Crippen molar-refractivity contribution in [3.8, 4) is 17.3 Å². The van der Waals surface area contributed by atoms with Crippen LogP contribution in [0.15, 0.2) is 30.5 Å². The molecule has 0 unspecified atom stereocenters. The molecule has 3 aromatic rings. The number of anilines is 3. The van der Waals surface area contributed by atoms with Gasteiger partial charge in [-0.25, -0.2) is 19.4 Å². The second kappa shape index (κ2) is 15.4. The summed E-state index contributed by atoms with van der Waals surface area (Å²) in [5.41, 5.74) is 2.37. The first-order valence-corrected chi connectivity index (χ1v) is 20.0. The second-order valence-corrected chi connectivity index (χ2v) is 19.8. The molecule has 3 heterocycles. The maximum Gasteiger partial charge on any atom is 0.414 e. The zero-order valence-electron chi connectivity index (χ0n) is 29.8. The monoisotopic (exact) mass is 695 g/mol. The van der Waals surface area contributed by atoms with E-state index < -0.39 is 20.0 Å². The van der Waals surface area contributed by atoms with Crippen LogP contribution in [0, 0.1) is 11.3 Å². The summed E-state index contributed by atoms with van der Waals surface area (Å²) in [5.74, 6) is 1.01. The molecule has 1 amide bonds. The minimum Gasteiger partial charge on any atom is -0.443 e. The highest BCUT2D eigenvalue weighted by atomic mass is 35.5. The summed E-state index contributed by atoms with van der Waals surface area (Å²) in [4.78, 5) is 24.4. The lowest BCUT2D eigenvalue weighted by Crippen LogP contribution is -2.42. The van der Waals surface area contributed by atoms with Crippen LogP contribution < -0.4 is 10.2 Å². The van der Waals surface area contributed by atoms with Crippen molar-refractivity contribution >= 4 is 43.5 Å². The van der Waals surface area contributed by atoms with Gasteiger partial charge in [0, 0.05) is 37.6 Å². The molecule has 1 atom stereocenters. The Balaban J connectivity index is 1.63. The molecule has 2 aromatic heterocycles. The van der Waals surface area contributed by atoms with Gasteiger partial charge < -0.3 is 19.2 Å². The van der Waals surface area contributed by atoms with Crippen molar-refractivity contribution in [2.24, 2.45) is 0 Å². The number of halogens is 1. The Hall–Kier alpha value is -3.50. The van der Waals surface area contributed by atoms with Gasteiger partial charge >= 0.3 is 6.09 Å². The van der Waals surface area contributed by atoms with Gasteiger partial charge in [-0.2, -0.15) is 10.4 Å². The number of hydrogen-bond acceptors (Lipinski definition) is 9. The number of hydrogen-bond donors (Lipinski definition) is 1. The Bertz CT molecular complexity index is 1620. The first-order chi connectivity index (χ1) is 22.5. The molecule has 0 radical (unpaired) electrons. The Labute approximate surface area is 291 Å². The highest BCUT2D eigenvalue weighted by Gasteiger charge is 2.37. The number of carbonyl (C=O) groups is 1. The third-order valence-corrected chi connectivity index (χ3v) is 13.4. The van der Waals surface area contributed by atoms with E-state index in [-0.39, 0.29) is 11.1 Å². The molecule has 260 valence electrons. The molecule has 0 saturated carbocycles. The van der Waals surface area contributed by atoms with E-state index in [0.29, 0.717) is 66.4 Å². The van der Waals surface area contributed by atoms with Crippen LogP contribution in [0.5, 0.6) is 0 Å². The molecule has 48 heavy (non-hydrogen) atoms. The molecule has 1 saturated heterocycles. The SMILES string of the molecule is CCc1cc(-c2ccnc(Nc3cc(Cl)nn3C[C@H]3CCCO3)n2)cc(C#N)c1N(CCCO[Si](C)(C)C(C)(C)C)C(=O)OC(C)(C)C. The lowest BCUT2D eigenvalue weighted by atomic mass is 9.98. The molecule has 1 aliphatic rings. The van der Waals surface area contributed by atoms with Crippen LogP contribution in [0.2, 0.25) is 23.3 Å². The van der Waals surface area contributed by atoms with Crippen molar-refractivity contribution in [2.45, 2.75) is 111 Å². The standard InChI is InChI=1S/C35H50ClN7O4Si/c1-10-24-19-25(28-14-15-38-32(39-28)40-30-21-29(36)41-43(30)23-27-13-11-17-45-27)20-26(22-37)31(24)42(33(44)47-34(2,3)4)16-12-18-46-48(8,9)35(5,6)7/h14-15,19-21,27H,10-13,16-18,23H2,1-9H3,(H,38,39,40)/t27-/m1/s1. The minimum atomic E-state index is -1.96. The summed E-state index contributed by atoms with van der Waals surface area (Å²) in [6.45, 7) is 20.7. The van der Waals surface area contributed by atoms with Gasteiger partial charge in [0.1, 0.15) is 17.5 Å². The molecule has 1 aromatic carbocycles. The van der Waals surface area contributed by atoms with E-state index in [9.17, 15) is 10.1 Å². The number of ether oxygens (including phenoxy) is 2. The Morgan fingerprint density at radius 2 is 1.98 bits per heavy atom. The molecule has 1 fully saturated rings. The number of nitrogens with one attached hydrogen (secondary N) is 1. The van der Waals surface area contributed by atoms with Gasteiger partial charge in [0.25, 0.3) is 0 Å². The number of nitrogens with zero attached hydrogens (tertiary/aromatic N) is 6. The Morgan fingerprint density at radius 1 is 1.23 bits per heavy atom. The summed E-state index contributed by atoms with van der Waals surface area (Å²) in [6.07, 6.45) is 4.40. The van der Waals surface area contributed by atoms with Crippen LogP contribution in [-0.2, 0) is 26.9 Å². The molecule has 0 bridgehead atoms. The van der Waals surface area contributed by atoms with Gasteiger partial charge in [0.2, 0.25) is 5.95 Å². The van der Waals surface area contributed by atoms with Gasteiger partial charge in [-0.05, 0) is 88.3 Å². The van der Waals surface area contributed by atoms with Crippen molar-refractivity contribution in [1.82, 2.24) is 19.7 Å². The van der Waals surface area contributed by atoms with E-state index in [1.807, 2.05) is 33.8 Å². The van der Waals surface area contributed by atoms with E-state index in [1.54, 1.807) is 34.0 Å². The molecule has 1 aliphatic heterocycles. The van der Waals surface area contributed by atoms with Crippen molar-refractivity contribution in [1.29, 1.82) is 5.26 Å². The molecule has 11 nitrogen and oxygen atoms in total. The second-order valence-electron chi connectivity index (χ2n) is 14.7. The molecule has 0 aliphatic carbocycles. The van der Waals surface area contributed by atoms with Gasteiger partial charge in [0.15, 0.2) is 13.5 Å². The van der Waals surface area contributed by atoms with Crippen LogP contribution in [0.1, 0.15) is 78.9 Å². The lowest BCUT2D eigenvalue weighted by molar-refractivity contribution is 0.0578. The summed E-state index contributed by atoms with van der Waals surface area (Å²) >= 11 is 6.26. The fourth-order valence-electron chi connectivity index (χ4n) is 5.19. The van der Waals surface area contributed by atoms with E-state index in [4.69, 9.17) is 30.5 Å². The van der Waals surface area contributed by atoms with Crippen LogP contribution in [-0.4, -0.2) is 65.6 Å². The highest BCUT2D eigenvalue weighted by molar-refractivity contribution is 6.74. The van der Waals surface area contributed by atoms with Gasteiger partial charge in [-0.15, -0.1) is 0 Å². The predicted molar refractivity (Wildman–Crippen MR) is 192 cm³/mol. The number of aromatic nitrogens is 4. The molecular formula is C35H50ClN7O4Si. The first kappa shape index (κ1) is 37.3. The van der Waals surface area contributed by atoms with Crippen LogP contribution in [0.4, 0.5) is 22.2 Å². The quantitative estimate of drug-likeness (QED) is 0.146. The third-order valence-electron chi connectivity index (χ3n) is 8.71.